The quantitative estimate of drug-likeness (QED) is 0.571. The lowest BCUT2D eigenvalue weighted by atomic mass is 10.1. The Morgan fingerprint density at radius 3 is 2.83 bits per heavy atom. The molecular formula is C19H19N5. The maximum Gasteiger partial charge on any atom is 0.137 e. The highest BCUT2D eigenvalue weighted by Gasteiger charge is 2.08. The fraction of sp³-hybridized carbons (Fsp3) is 0.0526. The second-order valence-electron chi connectivity index (χ2n) is 5.33. The Morgan fingerprint density at radius 2 is 2.12 bits per heavy atom. The van der Waals surface area contributed by atoms with Gasteiger partial charge in [-0.25, -0.2) is 9.98 Å². The van der Waals surface area contributed by atoms with Gasteiger partial charge in [0.2, 0.25) is 0 Å². The summed E-state index contributed by atoms with van der Waals surface area (Å²) in [5.74, 6) is 0.452. The number of aromatic nitrogens is 2. The summed E-state index contributed by atoms with van der Waals surface area (Å²) < 4.78 is 2.01. The highest BCUT2D eigenvalue weighted by Crippen LogP contribution is 2.23. The van der Waals surface area contributed by atoms with Crippen molar-refractivity contribution in [2.24, 2.45) is 10.7 Å². The van der Waals surface area contributed by atoms with E-state index in [0.717, 1.165) is 28.2 Å². The molecule has 5 nitrogen and oxygen atoms in total. The number of imidazole rings is 1. The maximum absolute atomic E-state index is 5.88. The molecule has 5 heteroatoms. The Labute approximate surface area is 140 Å². The molecule has 3 rings (SSSR count). The van der Waals surface area contributed by atoms with E-state index in [1.807, 2.05) is 60.1 Å². The minimum Gasteiger partial charge on any atom is -0.399 e. The average Bonchev–Trinajstić information content (AvgIpc) is 3.02. The third-order valence-electron chi connectivity index (χ3n) is 3.73. The van der Waals surface area contributed by atoms with E-state index in [1.165, 1.54) is 0 Å². The molecule has 2 heterocycles. The number of hydrogen-bond donors (Lipinski definition) is 2. The van der Waals surface area contributed by atoms with Crippen LogP contribution in [0.1, 0.15) is 12.5 Å². The van der Waals surface area contributed by atoms with E-state index >= 15 is 0 Å². The Morgan fingerprint density at radius 1 is 1.29 bits per heavy atom. The molecule has 0 radical (unpaired) electrons. The second kappa shape index (κ2) is 6.42. The van der Waals surface area contributed by atoms with Crippen LogP contribution < -0.4 is 11.5 Å². The van der Waals surface area contributed by atoms with Gasteiger partial charge in [-0.2, -0.15) is 0 Å². The maximum atomic E-state index is 5.88. The van der Waals surface area contributed by atoms with E-state index in [-0.39, 0.29) is 0 Å². The zero-order chi connectivity index (χ0) is 17.1. The van der Waals surface area contributed by atoms with Crippen molar-refractivity contribution in [3.05, 3.63) is 78.9 Å². The van der Waals surface area contributed by atoms with Crippen molar-refractivity contribution >= 4 is 17.0 Å². The molecule has 2 aromatic heterocycles. The van der Waals surface area contributed by atoms with Gasteiger partial charge < -0.3 is 11.5 Å². The fourth-order valence-electron chi connectivity index (χ4n) is 2.48. The third kappa shape index (κ3) is 2.92. The summed E-state index contributed by atoms with van der Waals surface area (Å²) in [6.07, 6.45) is 7.22. The summed E-state index contributed by atoms with van der Waals surface area (Å²) in [6, 6.07) is 11.7. The molecule has 0 atom stereocenters. The number of pyridine rings is 1. The summed E-state index contributed by atoms with van der Waals surface area (Å²) in [7, 11) is 0. The average molecular weight is 317 g/mol. The lowest BCUT2D eigenvalue weighted by Gasteiger charge is -2.06. The number of nitrogens with two attached hydrogens (primary N) is 2. The molecule has 24 heavy (non-hydrogen) atoms. The Balaban J connectivity index is 2.08. The number of aliphatic imine (C=N–C) groups is 1. The predicted octanol–water partition coefficient (Wildman–Crippen LogP) is 3.38. The minimum absolute atomic E-state index is 0.452. The minimum atomic E-state index is 0.452. The highest BCUT2D eigenvalue weighted by atomic mass is 15.0. The van der Waals surface area contributed by atoms with Crippen molar-refractivity contribution < 1.29 is 0 Å². The lowest BCUT2D eigenvalue weighted by molar-refractivity contribution is 1.18. The van der Waals surface area contributed by atoms with Gasteiger partial charge in [0.25, 0.3) is 0 Å². The molecule has 0 aliphatic heterocycles. The number of nitrogen functional groups attached to an aromatic ring is 1. The number of rotatable bonds is 4. The molecule has 0 aliphatic carbocycles. The van der Waals surface area contributed by atoms with Crippen molar-refractivity contribution in [3.63, 3.8) is 0 Å². The van der Waals surface area contributed by atoms with Crippen LogP contribution in [0, 0.1) is 0 Å². The van der Waals surface area contributed by atoms with Crippen molar-refractivity contribution in [2.75, 3.05) is 5.73 Å². The van der Waals surface area contributed by atoms with Crippen molar-refractivity contribution in [1.82, 2.24) is 9.38 Å². The van der Waals surface area contributed by atoms with Gasteiger partial charge in [-0.3, -0.25) is 4.40 Å². The molecule has 0 saturated heterocycles. The summed E-state index contributed by atoms with van der Waals surface area (Å²) >= 11 is 0. The van der Waals surface area contributed by atoms with Crippen LogP contribution in [0.25, 0.3) is 16.9 Å². The van der Waals surface area contributed by atoms with E-state index in [2.05, 4.69) is 16.6 Å². The van der Waals surface area contributed by atoms with Gasteiger partial charge in [-0.1, -0.05) is 18.7 Å². The van der Waals surface area contributed by atoms with Crippen molar-refractivity contribution in [1.29, 1.82) is 0 Å². The first-order valence-corrected chi connectivity index (χ1v) is 7.58. The van der Waals surface area contributed by atoms with Crippen LogP contribution in [0.15, 0.2) is 78.3 Å². The van der Waals surface area contributed by atoms with E-state index in [0.29, 0.717) is 11.5 Å². The van der Waals surface area contributed by atoms with E-state index in [1.54, 1.807) is 12.2 Å². The van der Waals surface area contributed by atoms with E-state index < -0.39 is 0 Å². The monoisotopic (exact) mass is 317 g/mol. The van der Waals surface area contributed by atoms with E-state index in [4.69, 9.17) is 11.5 Å². The standard InChI is InChI=1S/C19H19N5/c1-3-16(23-18(21)4-2)13-8-9-24-17(12-22-19(24)11-13)14-6-5-7-15(20)10-14/h3-12H,1,20-21H2,2H3/b18-4-,23-16+. The molecule has 3 aromatic rings. The van der Waals surface area contributed by atoms with Crippen LogP contribution in [-0.2, 0) is 0 Å². The van der Waals surface area contributed by atoms with Crippen molar-refractivity contribution in [2.45, 2.75) is 6.92 Å². The van der Waals surface area contributed by atoms with Gasteiger partial charge in [-0.05, 0) is 43.3 Å². The Kier molecular flexibility index (Phi) is 4.16. The summed E-state index contributed by atoms with van der Waals surface area (Å²) in [5, 5.41) is 0. The highest BCUT2D eigenvalue weighted by molar-refractivity contribution is 6.09. The van der Waals surface area contributed by atoms with Crippen molar-refractivity contribution in [3.8, 4) is 11.3 Å². The molecule has 1 aromatic carbocycles. The molecule has 0 amide bonds. The Hall–Kier alpha value is -3.34. The third-order valence-corrected chi connectivity index (χ3v) is 3.73. The van der Waals surface area contributed by atoms with Gasteiger partial charge >= 0.3 is 0 Å². The first-order valence-electron chi connectivity index (χ1n) is 7.58. The molecule has 0 spiro atoms. The van der Waals surface area contributed by atoms with Gasteiger partial charge in [0.05, 0.1) is 17.6 Å². The number of fused-ring (bicyclic) bond motifs is 1. The molecule has 0 unspecified atom stereocenters. The fourth-order valence-corrected chi connectivity index (χ4v) is 2.48. The van der Waals surface area contributed by atoms with Crippen LogP contribution in [-0.4, -0.2) is 15.1 Å². The molecule has 0 aliphatic rings. The van der Waals surface area contributed by atoms with Crippen LogP contribution in [0.2, 0.25) is 0 Å². The van der Waals surface area contributed by atoms with Crippen LogP contribution in [0.5, 0.6) is 0 Å². The summed E-state index contributed by atoms with van der Waals surface area (Å²) in [5.41, 5.74) is 16.8. The van der Waals surface area contributed by atoms with Gasteiger partial charge in [0.15, 0.2) is 0 Å². The van der Waals surface area contributed by atoms with Gasteiger partial charge in [-0.15, -0.1) is 0 Å². The number of hydrogen-bond acceptors (Lipinski definition) is 4. The van der Waals surface area contributed by atoms with Crippen LogP contribution in [0.3, 0.4) is 0 Å². The van der Waals surface area contributed by atoms with Crippen LogP contribution >= 0.6 is 0 Å². The molecular weight excluding hydrogens is 298 g/mol. The lowest BCUT2D eigenvalue weighted by Crippen LogP contribution is -2.02. The first-order chi connectivity index (χ1) is 11.6. The topological polar surface area (TPSA) is 81.7 Å². The van der Waals surface area contributed by atoms with Crippen LogP contribution in [0.4, 0.5) is 5.69 Å². The molecule has 0 bridgehead atoms. The normalized spacial score (nSPS) is 12.5. The number of benzene rings is 1. The SMILES string of the molecule is C=C/C(=N\C(N)=C/C)c1ccn2c(-c3cccc(N)c3)cnc2c1. The molecule has 4 N–H and O–H groups in total. The summed E-state index contributed by atoms with van der Waals surface area (Å²) in [6.45, 7) is 5.66. The smallest absolute Gasteiger partial charge is 0.137 e. The Bertz CT molecular complexity index is 963. The first kappa shape index (κ1) is 15.6. The largest absolute Gasteiger partial charge is 0.399 e. The number of nitrogens with zero attached hydrogens (tertiary/aromatic N) is 3. The van der Waals surface area contributed by atoms with Gasteiger partial charge in [0.1, 0.15) is 11.5 Å². The number of allylic oxidation sites excluding steroid dienone is 2. The molecule has 0 saturated carbocycles. The number of anilines is 1. The molecule has 120 valence electrons. The molecule has 0 fully saturated rings. The van der Waals surface area contributed by atoms with E-state index in [9.17, 15) is 0 Å². The summed E-state index contributed by atoms with van der Waals surface area (Å²) in [4.78, 5) is 8.84. The second-order valence-corrected chi connectivity index (χ2v) is 5.33. The zero-order valence-corrected chi connectivity index (χ0v) is 13.5. The zero-order valence-electron chi connectivity index (χ0n) is 13.5. The van der Waals surface area contributed by atoms with Gasteiger partial charge in [0, 0.05) is 23.0 Å². The predicted molar refractivity (Wildman–Crippen MR) is 99.7 cm³/mol.